The Morgan fingerprint density at radius 2 is 2.11 bits per heavy atom. The van der Waals surface area contributed by atoms with E-state index in [-0.39, 0.29) is 12.5 Å². The minimum absolute atomic E-state index is 0.0125. The zero-order valence-electron chi connectivity index (χ0n) is 10.2. The van der Waals surface area contributed by atoms with Gasteiger partial charge in [0.1, 0.15) is 6.33 Å². The number of carbonyl (C=O) groups excluding carboxylic acids is 1. The number of tetrazole rings is 1. The van der Waals surface area contributed by atoms with E-state index in [0.29, 0.717) is 5.56 Å². The fourth-order valence-electron chi connectivity index (χ4n) is 1.83. The van der Waals surface area contributed by atoms with Gasteiger partial charge in [0.05, 0.1) is 17.8 Å². The average Bonchev–Trinajstić information content (AvgIpc) is 3.01. The largest absolute Gasteiger partial charge is 0.394 e. The van der Waals surface area contributed by atoms with Crippen LogP contribution in [-0.2, 0) is 0 Å². The summed E-state index contributed by atoms with van der Waals surface area (Å²) in [5.41, 5.74) is 0.937. The van der Waals surface area contributed by atoms with Crippen LogP contribution in [0, 0.1) is 0 Å². The first kappa shape index (κ1) is 11.8. The first-order valence-electron chi connectivity index (χ1n) is 5.99. The number of carbonyl (C=O) groups is 1. The predicted octanol–water partition coefficient (Wildman–Crippen LogP) is -0.0830. The molecule has 1 saturated carbocycles. The number of nitrogens with one attached hydrogen (secondary N) is 1. The van der Waals surface area contributed by atoms with Crippen LogP contribution in [0.5, 0.6) is 0 Å². The summed E-state index contributed by atoms with van der Waals surface area (Å²) < 4.78 is 1.51. The van der Waals surface area contributed by atoms with Crippen molar-refractivity contribution in [2.45, 2.75) is 18.4 Å². The molecule has 2 aromatic rings. The molecule has 0 spiro atoms. The van der Waals surface area contributed by atoms with Crippen molar-refractivity contribution in [3.63, 3.8) is 0 Å². The molecule has 1 aromatic carbocycles. The van der Waals surface area contributed by atoms with Crippen LogP contribution in [-0.4, -0.2) is 43.4 Å². The lowest BCUT2D eigenvalue weighted by atomic mass is 10.1. The maximum absolute atomic E-state index is 12.0. The Hall–Kier alpha value is -2.28. The van der Waals surface area contributed by atoms with Crippen molar-refractivity contribution in [1.29, 1.82) is 0 Å². The number of aromatic nitrogens is 4. The van der Waals surface area contributed by atoms with E-state index >= 15 is 0 Å². The van der Waals surface area contributed by atoms with Gasteiger partial charge in [0.25, 0.3) is 5.91 Å². The molecule has 19 heavy (non-hydrogen) atoms. The van der Waals surface area contributed by atoms with Gasteiger partial charge in [-0.2, -0.15) is 0 Å². The molecular weight excluding hydrogens is 246 g/mol. The molecule has 1 amide bonds. The number of amides is 1. The average molecular weight is 259 g/mol. The summed E-state index contributed by atoms with van der Waals surface area (Å²) in [6.07, 6.45) is 3.15. The van der Waals surface area contributed by atoms with Crippen molar-refractivity contribution in [2.24, 2.45) is 0 Å². The lowest BCUT2D eigenvalue weighted by Gasteiger charge is -2.14. The summed E-state index contributed by atoms with van der Waals surface area (Å²) in [6, 6.07) is 6.95. The van der Waals surface area contributed by atoms with Gasteiger partial charge in [-0.15, -0.1) is 5.10 Å². The first-order chi connectivity index (χ1) is 9.22. The fourth-order valence-corrected chi connectivity index (χ4v) is 1.83. The maximum Gasteiger partial charge on any atom is 0.251 e. The highest BCUT2D eigenvalue weighted by atomic mass is 16.3. The van der Waals surface area contributed by atoms with Gasteiger partial charge in [-0.1, -0.05) is 0 Å². The Morgan fingerprint density at radius 1 is 1.37 bits per heavy atom. The Labute approximate surface area is 109 Å². The van der Waals surface area contributed by atoms with Crippen molar-refractivity contribution >= 4 is 5.91 Å². The molecule has 0 radical (unpaired) electrons. The molecule has 7 nitrogen and oxygen atoms in total. The standard InChI is InChI=1S/C12H13N5O2/c18-7-12(5-6-12)14-11(19)9-1-3-10(4-2-9)17-8-13-15-16-17/h1-4,8,18H,5-7H2,(H,14,19). The number of hydrogen-bond acceptors (Lipinski definition) is 5. The highest BCUT2D eigenvalue weighted by Crippen LogP contribution is 2.34. The van der Waals surface area contributed by atoms with Crippen molar-refractivity contribution in [1.82, 2.24) is 25.5 Å². The number of aliphatic hydroxyl groups excluding tert-OH is 1. The summed E-state index contributed by atoms with van der Waals surface area (Å²) in [7, 11) is 0. The molecule has 7 heteroatoms. The van der Waals surface area contributed by atoms with Crippen LogP contribution in [0.1, 0.15) is 23.2 Å². The van der Waals surface area contributed by atoms with Crippen LogP contribution in [0.4, 0.5) is 0 Å². The third-order valence-electron chi connectivity index (χ3n) is 3.28. The molecule has 1 fully saturated rings. The number of benzene rings is 1. The second-order valence-electron chi connectivity index (χ2n) is 4.69. The van der Waals surface area contributed by atoms with Crippen molar-refractivity contribution in [3.05, 3.63) is 36.2 Å². The van der Waals surface area contributed by atoms with Crippen LogP contribution in [0.25, 0.3) is 5.69 Å². The Balaban J connectivity index is 1.74. The third kappa shape index (κ3) is 2.32. The normalized spacial score (nSPS) is 16.1. The van der Waals surface area contributed by atoms with Crippen LogP contribution in [0.3, 0.4) is 0 Å². The van der Waals surface area contributed by atoms with E-state index in [1.807, 2.05) is 0 Å². The molecule has 0 aliphatic heterocycles. The lowest BCUT2D eigenvalue weighted by molar-refractivity contribution is 0.0907. The quantitative estimate of drug-likeness (QED) is 0.801. The molecule has 0 saturated heterocycles. The van der Waals surface area contributed by atoms with Crippen LogP contribution in [0.15, 0.2) is 30.6 Å². The van der Waals surface area contributed by atoms with Crippen LogP contribution < -0.4 is 5.32 Å². The van der Waals surface area contributed by atoms with Gasteiger partial charge in [0.15, 0.2) is 0 Å². The zero-order valence-corrected chi connectivity index (χ0v) is 10.2. The molecule has 1 heterocycles. The topological polar surface area (TPSA) is 92.9 Å². The Bertz CT molecular complexity index is 575. The van der Waals surface area contributed by atoms with Gasteiger partial charge >= 0.3 is 0 Å². The van der Waals surface area contributed by atoms with E-state index in [1.54, 1.807) is 24.3 Å². The molecular formula is C12H13N5O2. The van der Waals surface area contributed by atoms with Crippen molar-refractivity contribution < 1.29 is 9.90 Å². The minimum Gasteiger partial charge on any atom is -0.394 e. The van der Waals surface area contributed by atoms with Crippen LogP contribution in [0.2, 0.25) is 0 Å². The maximum atomic E-state index is 12.0. The van der Waals surface area contributed by atoms with Gasteiger partial charge < -0.3 is 10.4 Å². The van der Waals surface area contributed by atoms with E-state index in [2.05, 4.69) is 20.8 Å². The van der Waals surface area contributed by atoms with Crippen molar-refractivity contribution in [3.8, 4) is 5.69 Å². The van der Waals surface area contributed by atoms with Gasteiger partial charge in [-0.3, -0.25) is 4.79 Å². The van der Waals surface area contributed by atoms with E-state index in [0.717, 1.165) is 18.5 Å². The Morgan fingerprint density at radius 3 is 2.63 bits per heavy atom. The number of rotatable bonds is 4. The van der Waals surface area contributed by atoms with E-state index in [4.69, 9.17) is 0 Å². The van der Waals surface area contributed by atoms with Crippen molar-refractivity contribution in [2.75, 3.05) is 6.61 Å². The fraction of sp³-hybridized carbons (Fsp3) is 0.333. The third-order valence-corrected chi connectivity index (χ3v) is 3.28. The van der Waals surface area contributed by atoms with Gasteiger partial charge in [-0.05, 0) is 47.5 Å². The smallest absolute Gasteiger partial charge is 0.251 e. The second-order valence-corrected chi connectivity index (χ2v) is 4.69. The molecule has 1 aliphatic rings. The second kappa shape index (κ2) is 4.43. The Kier molecular flexibility index (Phi) is 2.75. The molecule has 1 aromatic heterocycles. The van der Waals surface area contributed by atoms with Gasteiger partial charge in [0, 0.05) is 5.56 Å². The SMILES string of the molecule is O=C(NC1(CO)CC1)c1ccc(-n2cnnn2)cc1. The number of aliphatic hydroxyl groups is 1. The monoisotopic (exact) mass is 259 g/mol. The molecule has 2 N–H and O–H groups in total. The summed E-state index contributed by atoms with van der Waals surface area (Å²) in [4.78, 5) is 12.0. The zero-order chi connectivity index (χ0) is 13.3. The molecule has 3 rings (SSSR count). The molecule has 0 unspecified atom stereocenters. The predicted molar refractivity (Wildman–Crippen MR) is 65.7 cm³/mol. The number of hydrogen-bond donors (Lipinski definition) is 2. The van der Waals surface area contributed by atoms with E-state index in [1.165, 1.54) is 11.0 Å². The molecule has 98 valence electrons. The van der Waals surface area contributed by atoms with Crippen LogP contribution >= 0.6 is 0 Å². The van der Waals surface area contributed by atoms with E-state index in [9.17, 15) is 9.90 Å². The van der Waals surface area contributed by atoms with Gasteiger partial charge in [0.2, 0.25) is 0 Å². The lowest BCUT2D eigenvalue weighted by Crippen LogP contribution is -2.39. The summed E-state index contributed by atoms with van der Waals surface area (Å²) in [6.45, 7) is -0.0125. The van der Waals surface area contributed by atoms with Gasteiger partial charge in [-0.25, -0.2) is 4.68 Å². The summed E-state index contributed by atoms with van der Waals surface area (Å²) >= 11 is 0. The summed E-state index contributed by atoms with van der Waals surface area (Å²) in [5, 5.41) is 22.9. The summed E-state index contributed by atoms with van der Waals surface area (Å²) in [5.74, 6) is -0.171. The molecule has 1 aliphatic carbocycles. The molecule has 0 bridgehead atoms. The highest BCUT2D eigenvalue weighted by molar-refractivity contribution is 5.95. The van der Waals surface area contributed by atoms with E-state index < -0.39 is 5.54 Å². The number of nitrogens with zero attached hydrogens (tertiary/aromatic N) is 4. The first-order valence-corrected chi connectivity index (χ1v) is 5.99. The highest BCUT2D eigenvalue weighted by Gasteiger charge is 2.43. The minimum atomic E-state index is -0.397. The molecule has 0 atom stereocenters.